The minimum Gasteiger partial charge on any atom is -0.379 e. The van der Waals surface area contributed by atoms with Crippen LogP contribution in [0.1, 0.15) is 24.0 Å². The second-order valence-corrected chi connectivity index (χ2v) is 7.05. The normalized spacial score (nSPS) is 19.3. The molecule has 2 aliphatic rings. The zero-order valence-electron chi connectivity index (χ0n) is 15.1. The van der Waals surface area contributed by atoms with E-state index in [4.69, 9.17) is 4.74 Å². The molecule has 25 heavy (non-hydrogen) atoms. The third-order valence-electron chi connectivity index (χ3n) is 5.20. The van der Waals surface area contributed by atoms with Crippen molar-refractivity contribution in [3.05, 3.63) is 29.3 Å². The first-order chi connectivity index (χ1) is 12.0. The lowest BCUT2D eigenvalue weighted by molar-refractivity contribution is -0.134. The average molecular weight is 345 g/mol. The van der Waals surface area contributed by atoms with E-state index in [1.165, 1.54) is 5.56 Å². The molecule has 0 spiro atoms. The second kappa shape index (κ2) is 7.54. The summed E-state index contributed by atoms with van der Waals surface area (Å²) >= 11 is 0. The van der Waals surface area contributed by atoms with Crippen LogP contribution in [0.25, 0.3) is 0 Å². The van der Waals surface area contributed by atoms with Gasteiger partial charge in [-0.25, -0.2) is 0 Å². The number of ether oxygens (including phenoxy) is 1. The minimum absolute atomic E-state index is 0.151. The van der Waals surface area contributed by atoms with Crippen molar-refractivity contribution in [2.24, 2.45) is 5.41 Å². The molecule has 2 fully saturated rings. The summed E-state index contributed by atoms with van der Waals surface area (Å²) in [7, 11) is 0. The zero-order chi connectivity index (χ0) is 17.9. The van der Waals surface area contributed by atoms with Gasteiger partial charge in [0.1, 0.15) is 5.41 Å². The summed E-state index contributed by atoms with van der Waals surface area (Å²) in [4.78, 5) is 27.4. The maximum absolute atomic E-state index is 12.6. The van der Waals surface area contributed by atoms with E-state index in [1.807, 2.05) is 32.0 Å². The number of morpholine rings is 1. The number of amides is 2. The number of hydrogen-bond acceptors (Lipinski definition) is 4. The van der Waals surface area contributed by atoms with Gasteiger partial charge >= 0.3 is 0 Å². The Kier molecular flexibility index (Phi) is 5.39. The van der Waals surface area contributed by atoms with E-state index in [2.05, 4.69) is 15.5 Å². The molecule has 0 atom stereocenters. The summed E-state index contributed by atoms with van der Waals surface area (Å²) in [6, 6.07) is 5.80. The largest absolute Gasteiger partial charge is 0.379 e. The zero-order valence-corrected chi connectivity index (χ0v) is 15.1. The number of benzene rings is 1. The van der Waals surface area contributed by atoms with Gasteiger partial charge in [0.05, 0.1) is 13.2 Å². The van der Waals surface area contributed by atoms with E-state index in [0.717, 1.165) is 44.1 Å². The van der Waals surface area contributed by atoms with Crippen molar-refractivity contribution in [2.45, 2.75) is 26.7 Å². The molecule has 2 N–H and O–H groups in total. The predicted octanol–water partition coefficient (Wildman–Crippen LogP) is 1.47. The molecule has 0 bridgehead atoms. The van der Waals surface area contributed by atoms with E-state index in [1.54, 1.807) is 0 Å². The van der Waals surface area contributed by atoms with E-state index < -0.39 is 5.41 Å². The third-order valence-corrected chi connectivity index (χ3v) is 5.20. The van der Waals surface area contributed by atoms with Gasteiger partial charge in [-0.15, -0.1) is 0 Å². The highest BCUT2D eigenvalue weighted by Crippen LogP contribution is 2.46. The lowest BCUT2D eigenvalue weighted by Crippen LogP contribution is -2.45. The van der Waals surface area contributed by atoms with Crippen molar-refractivity contribution < 1.29 is 14.3 Å². The summed E-state index contributed by atoms with van der Waals surface area (Å²) in [6.07, 6.45) is 1.24. The van der Waals surface area contributed by atoms with Gasteiger partial charge in [0.15, 0.2) is 0 Å². The molecule has 1 aromatic rings. The molecular formula is C19H27N3O3. The van der Waals surface area contributed by atoms with Gasteiger partial charge in [-0.2, -0.15) is 0 Å². The first-order valence-corrected chi connectivity index (χ1v) is 8.98. The Hall–Kier alpha value is -1.92. The summed E-state index contributed by atoms with van der Waals surface area (Å²) in [5.41, 5.74) is 2.17. The summed E-state index contributed by atoms with van der Waals surface area (Å²) in [5.74, 6) is -0.346. The van der Waals surface area contributed by atoms with Crippen molar-refractivity contribution in [2.75, 3.05) is 44.7 Å². The van der Waals surface area contributed by atoms with Crippen molar-refractivity contribution in [3.8, 4) is 0 Å². The van der Waals surface area contributed by atoms with Crippen LogP contribution in [0.4, 0.5) is 5.69 Å². The van der Waals surface area contributed by atoms with E-state index in [-0.39, 0.29) is 11.8 Å². The highest BCUT2D eigenvalue weighted by atomic mass is 16.5. The van der Waals surface area contributed by atoms with Crippen LogP contribution in [0.2, 0.25) is 0 Å². The van der Waals surface area contributed by atoms with E-state index in [0.29, 0.717) is 19.4 Å². The van der Waals surface area contributed by atoms with Crippen LogP contribution in [0, 0.1) is 19.3 Å². The van der Waals surface area contributed by atoms with Crippen LogP contribution in [-0.4, -0.2) is 56.1 Å². The first-order valence-electron chi connectivity index (χ1n) is 8.98. The van der Waals surface area contributed by atoms with Crippen LogP contribution >= 0.6 is 0 Å². The molecule has 2 amide bonds. The Balaban J connectivity index is 1.50. The van der Waals surface area contributed by atoms with Crippen LogP contribution in [-0.2, 0) is 14.3 Å². The number of carbonyl (C=O) groups is 2. The molecule has 136 valence electrons. The average Bonchev–Trinajstić information content (AvgIpc) is 3.41. The quantitative estimate of drug-likeness (QED) is 0.766. The lowest BCUT2D eigenvalue weighted by atomic mass is 10.0. The van der Waals surface area contributed by atoms with Gasteiger partial charge in [-0.05, 0) is 49.9 Å². The number of aryl methyl sites for hydroxylation is 2. The van der Waals surface area contributed by atoms with Crippen molar-refractivity contribution in [1.82, 2.24) is 10.2 Å². The van der Waals surface area contributed by atoms with E-state index in [9.17, 15) is 9.59 Å². The second-order valence-electron chi connectivity index (χ2n) is 7.05. The van der Waals surface area contributed by atoms with Crippen LogP contribution in [0.15, 0.2) is 18.2 Å². The maximum Gasteiger partial charge on any atom is 0.240 e. The van der Waals surface area contributed by atoms with Gasteiger partial charge in [0.2, 0.25) is 11.8 Å². The molecule has 0 radical (unpaired) electrons. The topological polar surface area (TPSA) is 70.7 Å². The maximum atomic E-state index is 12.6. The van der Waals surface area contributed by atoms with Gasteiger partial charge in [0, 0.05) is 31.9 Å². The summed E-state index contributed by atoms with van der Waals surface area (Å²) < 4.78 is 5.31. The standard InChI is InChI=1S/C19H27N3O3/c1-14-3-4-16(13-15(14)2)21-18(24)19(5-6-19)17(23)20-7-8-22-9-11-25-12-10-22/h3-4,13H,5-12H2,1-2H3,(H,20,23)(H,21,24). The van der Waals surface area contributed by atoms with Crippen molar-refractivity contribution >= 4 is 17.5 Å². The smallest absolute Gasteiger partial charge is 0.240 e. The molecule has 1 saturated carbocycles. The fourth-order valence-corrected chi connectivity index (χ4v) is 3.07. The molecule has 0 unspecified atom stereocenters. The molecule has 1 aromatic carbocycles. The molecule has 6 heteroatoms. The van der Waals surface area contributed by atoms with Crippen molar-refractivity contribution in [1.29, 1.82) is 0 Å². The number of rotatable bonds is 6. The number of anilines is 1. The van der Waals surface area contributed by atoms with Gasteiger partial charge in [-0.3, -0.25) is 14.5 Å². The first kappa shape index (κ1) is 17.9. The Labute approximate surface area is 148 Å². The minimum atomic E-state index is -0.885. The van der Waals surface area contributed by atoms with Crippen molar-refractivity contribution in [3.63, 3.8) is 0 Å². The lowest BCUT2D eigenvalue weighted by Gasteiger charge is -2.26. The van der Waals surface area contributed by atoms with Gasteiger partial charge < -0.3 is 15.4 Å². The number of nitrogens with one attached hydrogen (secondary N) is 2. The molecule has 1 aliphatic heterocycles. The molecule has 1 heterocycles. The molecular weight excluding hydrogens is 318 g/mol. The fraction of sp³-hybridized carbons (Fsp3) is 0.579. The number of nitrogens with zero attached hydrogens (tertiary/aromatic N) is 1. The van der Waals surface area contributed by atoms with E-state index >= 15 is 0 Å². The van der Waals surface area contributed by atoms with Crippen LogP contribution < -0.4 is 10.6 Å². The predicted molar refractivity (Wildman–Crippen MR) is 96.5 cm³/mol. The SMILES string of the molecule is Cc1ccc(NC(=O)C2(C(=O)NCCN3CCOCC3)CC2)cc1C. The number of hydrogen-bond donors (Lipinski definition) is 2. The van der Waals surface area contributed by atoms with Gasteiger partial charge in [-0.1, -0.05) is 6.07 Å². The fourth-order valence-electron chi connectivity index (χ4n) is 3.07. The Bertz CT molecular complexity index is 649. The molecule has 1 aliphatic carbocycles. The number of carbonyl (C=O) groups excluding carboxylic acids is 2. The monoisotopic (exact) mass is 345 g/mol. The Morgan fingerprint density at radius 2 is 1.84 bits per heavy atom. The highest BCUT2D eigenvalue weighted by molar-refractivity contribution is 6.13. The molecule has 6 nitrogen and oxygen atoms in total. The van der Waals surface area contributed by atoms with Crippen LogP contribution in [0.3, 0.4) is 0 Å². The molecule has 3 rings (SSSR count). The van der Waals surface area contributed by atoms with Crippen LogP contribution in [0.5, 0.6) is 0 Å². The summed E-state index contributed by atoms with van der Waals surface area (Å²) in [6.45, 7) is 8.69. The Morgan fingerprint density at radius 1 is 1.12 bits per heavy atom. The van der Waals surface area contributed by atoms with Gasteiger partial charge in [0.25, 0.3) is 0 Å². The summed E-state index contributed by atoms with van der Waals surface area (Å²) in [5, 5.41) is 5.84. The third kappa shape index (κ3) is 4.19. The highest BCUT2D eigenvalue weighted by Gasteiger charge is 2.56. The Morgan fingerprint density at radius 3 is 2.48 bits per heavy atom. The molecule has 1 saturated heterocycles. The molecule has 0 aromatic heterocycles.